The van der Waals surface area contributed by atoms with Crippen molar-refractivity contribution in [2.75, 3.05) is 44.4 Å². The number of thioether (sulfide) groups is 2. The van der Waals surface area contributed by atoms with Gasteiger partial charge >= 0.3 is 0 Å². The molecule has 1 aliphatic heterocycles. The van der Waals surface area contributed by atoms with Crippen LogP contribution in [0, 0.1) is 0 Å². The number of ether oxygens (including phenoxy) is 2. The van der Waals surface area contributed by atoms with Gasteiger partial charge in [-0.1, -0.05) is 23.5 Å². The van der Waals surface area contributed by atoms with E-state index in [0.29, 0.717) is 0 Å². The van der Waals surface area contributed by atoms with Crippen LogP contribution in [0.25, 0.3) is 0 Å². The molecule has 0 aromatic heterocycles. The van der Waals surface area contributed by atoms with E-state index in [1.807, 2.05) is 0 Å². The summed E-state index contributed by atoms with van der Waals surface area (Å²) in [5.41, 5.74) is 0. The third-order valence-corrected chi connectivity index (χ3v) is 8.28. The molecule has 0 aromatic carbocycles. The predicted molar refractivity (Wildman–Crippen MR) is 160 cm³/mol. The zero-order chi connectivity index (χ0) is 34.3. The number of nitrogens with one attached hydrogen (secondary N) is 4. The Morgan fingerprint density at radius 3 is 1.87 bits per heavy atom. The van der Waals surface area contributed by atoms with Gasteiger partial charge in [-0.15, -0.1) is 0 Å². The van der Waals surface area contributed by atoms with E-state index < -0.39 is 98.9 Å². The fourth-order valence-electron chi connectivity index (χ4n) is 4.05. The Morgan fingerprint density at radius 1 is 0.867 bits per heavy atom. The van der Waals surface area contributed by atoms with Crippen LogP contribution in [0.2, 0.25) is 0 Å². The van der Waals surface area contributed by atoms with E-state index >= 15 is 0 Å². The first-order valence-electron chi connectivity index (χ1n) is 14.0. The molecule has 2 amide bonds. The van der Waals surface area contributed by atoms with Crippen molar-refractivity contribution >= 4 is 45.6 Å². The zero-order valence-corrected chi connectivity index (χ0v) is 26.8. The van der Waals surface area contributed by atoms with E-state index in [2.05, 4.69) is 21.3 Å². The van der Waals surface area contributed by atoms with Gasteiger partial charge in [0.2, 0.25) is 11.8 Å². The average molecular weight is 691 g/mol. The molecule has 1 saturated heterocycles. The van der Waals surface area contributed by atoms with Crippen molar-refractivity contribution in [2.24, 2.45) is 0 Å². The van der Waals surface area contributed by atoms with Crippen LogP contribution in [-0.2, 0) is 28.7 Å². The van der Waals surface area contributed by atoms with Gasteiger partial charge < -0.3 is 71.6 Å². The summed E-state index contributed by atoms with van der Waals surface area (Å²) in [6, 6.07) is -3.47. The molecule has 1 rings (SSSR count). The van der Waals surface area contributed by atoms with E-state index in [0.717, 1.165) is 23.5 Å². The molecule has 0 bridgehead atoms. The summed E-state index contributed by atoms with van der Waals surface area (Å²) in [7, 11) is 0. The fourth-order valence-corrected chi connectivity index (χ4v) is 5.39. The van der Waals surface area contributed by atoms with Crippen LogP contribution in [0.1, 0.15) is 20.8 Å². The summed E-state index contributed by atoms with van der Waals surface area (Å²) in [5.74, 6) is -1.46. The highest BCUT2D eigenvalue weighted by molar-refractivity contribution is 8.13. The molecular formula is C25H46N4O14S2. The van der Waals surface area contributed by atoms with E-state index in [4.69, 9.17) is 9.47 Å². The van der Waals surface area contributed by atoms with Gasteiger partial charge in [0.15, 0.2) is 22.8 Å². The number of aliphatic hydroxyl groups excluding tert-OH is 8. The van der Waals surface area contributed by atoms with Crippen molar-refractivity contribution in [3.63, 3.8) is 0 Å². The Hall–Kier alpha value is -1.50. The number of amides is 2. The maximum absolute atomic E-state index is 13.0. The standard InChI is InChI=1S/C25H46N4O14S2/c1-11(32)42-17(7-30)20(36)16(35)6-28-23(39)14(9-44-12(2)33)26-4-5-27-15(10-45-13(3)34)24(40)29-19-22(38)21(37)18(8-31)43-25(19)41/h11,14-22,25-27,30-32,35-38,41H,4-10H2,1-3H3,(H,28,39)(H,29,40)/t11?,14?,15-,16+,17+,18+,19?,20-,21+,22+,25?/m0/s1. The lowest BCUT2D eigenvalue weighted by Gasteiger charge is -2.40. The normalized spacial score (nSPS) is 25.8. The summed E-state index contributed by atoms with van der Waals surface area (Å²) in [5, 5.41) is 88.9. The number of rotatable bonds is 20. The van der Waals surface area contributed by atoms with Gasteiger partial charge in [0.05, 0.1) is 31.4 Å². The largest absolute Gasteiger partial charge is 0.394 e. The van der Waals surface area contributed by atoms with Crippen LogP contribution in [0.4, 0.5) is 0 Å². The molecule has 0 spiro atoms. The number of carbonyl (C=O) groups excluding carboxylic acids is 4. The van der Waals surface area contributed by atoms with Crippen molar-refractivity contribution in [3.05, 3.63) is 0 Å². The minimum absolute atomic E-state index is 0.0110. The highest BCUT2D eigenvalue weighted by atomic mass is 32.2. The van der Waals surface area contributed by atoms with Crippen LogP contribution in [0.3, 0.4) is 0 Å². The first-order valence-corrected chi connectivity index (χ1v) is 16.0. The second kappa shape index (κ2) is 21.4. The first-order chi connectivity index (χ1) is 21.1. The molecule has 1 fully saturated rings. The van der Waals surface area contributed by atoms with Crippen LogP contribution in [0.15, 0.2) is 0 Å². The van der Waals surface area contributed by atoms with Gasteiger partial charge in [0.25, 0.3) is 0 Å². The van der Waals surface area contributed by atoms with E-state index in [1.165, 1.54) is 20.8 Å². The number of hydrogen-bond donors (Lipinski definition) is 12. The molecule has 1 aliphatic rings. The second-order valence-corrected chi connectivity index (χ2v) is 12.5. The van der Waals surface area contributed by atoms with Crippen molar-refractivity contribution < 1.29 is 69.5 Å². The Bertz CT molecular complexity index is 938. The van der Waals surface area contributed by atoms with Crippen LogP contribution in [0.5, 0.6) is 0 Å². The molecule has 45 heavy (non-hydrogen) atoms. The van der Waals surface area contributed by atoms with Crippen molar-refractivity contribution in [3.8, 4) is 0 Å². The summed E-state index contributed by atoms with van der Waals surface area (Å²) < 4.78 is 9.97. The highest BCUT2D eigenvalue weighted by Crippen LogP contribution is 2.20. The molecule has 20 heteroatoms. The summed E-state index contributed by atoms with van der Waals surface area (Å²) in [6.07, 6.45) is -12.2. The molecule has 18 nitrogen and oxygen atoms in total. The van der Waals surface area contributed by atoms with Gasteiger partial charge in [0.1, 0.15) is 36.6 Å². The highest BCUT2D eigenvalue weighted by Gasteiger charge is 2.44. The van der Waals surface area contributed by atoms with Crippen molar-refractivity contribution in [1.82, 2.24) is 21.3 Å². The number of hydrogen-bond acceptors (Lipinski definition) is 18. The monoisotopic (exact) mass is 690 g/mol. The minimum atomic E-state index is -1.75. The quantitative estimate of drug-likeness (QED) is 0.0418. The van der Waals surface area contributed by atoms with Gasteiger partial charge in [-0.2, -0.15) is 0 Å². The maximum atomic E-state index is 13.0. The van der Waals surface area contributed by atoms with Gasteiger partial charge in [-0.05, 0) is 6.92 Å². The average Bonchev–Trinajstić information content (AvgIpc) is 2.98. The molecule has 0 radical (unpaired) electrons. The first kappa shape index (κ1) is 41.5. The topological polar surface area (TPSA) is 297 Å². The lowest BCUT2D eigenvalue weighted by atomic mass is 9.97. The van der Waals surface area contributed by atoms with Crippen LogP contribution in [-0.4, -0.2) is 175 Å². The third kappa shape index (κ3) is 14.9. The van der Waals surface area contributed by atoms with Gasteiger partial charge in [0, 0.05) is 45.0 Å². The molecule has 1 heterocycles. The minimum Gasteiger partial charge on any atom is -0.394 e. The van der Waals surface area contributed by atoms with Gasteiger partial charge in [-0.25, -0.2) is 0 Å². The maximum Gasteiger partial charge on any atom is 0.238 e. The molecule has 0 aromatic rings. The Kier molecular flexibility index (Phi) is 19.7. The lowest BCUT2D eigenvalue weighted by molar-refractivity contribution is -0.253. The van der Waals surface area contributed by atoms with Crippen LogP contribution < -0.4 is 21.3 Å². The molecule has 262 valence electrons. The van der Waals surface area contributed by atoms with E-state index in [-0.39, 0.29) is 34.8 Å². The molecule has 0 aliphatic carbocycles. The van der Waals surface area contributed by atoms with Crippen molar-refractivity contribution in [1.29, 1.82) is 0 Å². The van der Waals surface area contributed by atoms with Crippen LogP contribution >= 0.6 is 23.5 Å². The van der Waals surface area contributed by atoms with Crippen molar-refractivity contribution in [2.45, 2.75) is 88.1 Å². The second-order valence-electron chi connectivity index (χ2n) is 10.1. The Morgan fingerprint density at radius 2 is 1.40 bits per heavy atom. The Balaban J connectivity index is 2.79. The number of aliphatic hydroxyl groups is 8. The van der Waals surface area contributed by atoms with E-state index in [9.17, 15) is 60.0 Å². The molecule has 12 N–H and O–H groups in total. The molecule has 11 atom stereocenters. The lowest BCUT2D eigenvalue weighted by Crippen LogP contribution is -2.65. The molecule has 0 saturated carbocycles. The molecule has 4 unspecified atom stereocenters. The fraction of sp³-hybridized carbons (Fsp3) is 0.840. The third-order valence-electron chi connectivity index (χ3n) is 6.47. The van der Waals surface area contributed by atoms with E-state index in [1.54, 1.807) is 0 Å². The number of carbonyl (C=O) groups is 4. The van der Waals surface area contributed by atoms with Gasteiger partial charge in [-0.3, -0.25) is 19.2 Å². The SMILES string of the molecule is CC(=O)SCC(NCCN[C@@H](CSC(C)=O)C(=O)NC1C(O)O[C@H](CO)[C@@H](O)[C@@H]1O)C(=O)NC[C@@H](O)[C@H](O)[C@@H](CO)OC(C)O. The Labute approximate surface area is 268 Å². The summed E-state index contributed by atoms with van der Waals surface area (Å²) in [4.78, 5) is 48.9. The zero-order valence-electron chi connectivity index (χ0n) is 25.1. The summed E-state index contributed by atoms with van der Waals surface area (Å²) in [6.45, 7) is 2.10. The molecular weight excluding hydrogens is 644 g/mol. The summed E-state index contributed by atoms with van der Waals surface area (Å²) >= 11 is 1.68. The predicted octanol–water partition coefficient (Wildman–Crippen LogP) is -6.07. The smallest absolute Gasteiger partial charge is 0.238 e.